The maximum atomic E-state index is 12.3. The van der Waals surface area contributed by atoms with E-state index in [2.05, 4.69) is 30.3 Å². The number of imidazole rings is 1. The first-order chi connectivity index (χ1) is 15.8. The van der Waals surface area contributed by atoms with Gasteiger partial charge in [-0.2, -0.15) is 13.2 Å². The first-order valence-electron chi connectivity index (χ1n) is 8.89. The average Bonchev–Trinajstić information content (AvgIpc) is 3.22. The number of hydrogen-bond acceptors (Lipinski definition) is 11. The van der Waals surface area contributed by atoms with Crippen LogP contribution in [0.2, 0.25) is 0 Å². The van der Waals surface area contributed by atoms with E-state index in [0.29, 0.717) is 5.69 Å². The SMILES string of the molecule is NCCC(=O)N[C@@H](Cc1c[nH]cn1)C(=O)NC[C@H](CO[N+](=O)[O-])O[N+](=O)[O-].O=C(O)C(F)(F)F. The van der Waals surface area contributed by atoms with E-state index in [-0.39, 0.29) is 19.4 Å². The van der Waals surface area contributed by atoms with Gasteiger partial charge in [-0.3, -0.25) is 9.59 Å². The van der Waals surface area contributed by atoms with E-state index in [9.17, 15) is 43.0 Å². The second kappa shape index (κ2) is 14.8. The molecule has 0 bridgehead atoms. The second-order valence-corrected chi connectivity index (χ2v) is 5.94. The largest absolute Gasteiger partial charge is 0.490 e. The third kappa shape index (κ3) is 14.0. The molecule has 192 valence electrons. The van der Waals surface area contributed by atoms with Gasteiger partial charge in [0, 0.05) is 32.1 Å². The molecule has 6 N–H and O–H groups in total. The van der Waals surface area contributed by atoms with Crippen LogP contribution in [-0.2, 0) is 30.5 Å². The molecule has 0 aliphatic heterocycles. The third-order valence-electron chi connectivity index (χ3n) is 3.34. The van der Waals surface area contributed by atoms with Crippen molar-refractivity contribution in [1.82, 2.24) is 20.6 Å². The summed E-state index contributed by atoms with van der Waals surface area (Å²) in [7, 11) is 0. The molecule has 0 spiro atoms. The van der Waals surface area contributed by atoms with Crippen LogP contribution in [-0.4, -0.2) is 81.0 Å². The topological polar surface area (TPSA) is 255 Å². The first-order valence-corrected chi connectivity index (χ1v) is 8.89. The number of aromatic amines is 1. The summed E-state index contributed by atoms with van der Waals surface area (Å²) < 4.78 is 31.7. The number of aliphatic carboxylic acids is 1. The molecule has 0 aromatic carbocycles. The minimum absolute atomic E-state index is 0.00587. The fraction of sp³-hybridized carbons (Fsp3) is 0.571. The summed E-state index contributed by atoms with van der Waals surface area (Å²) >= 11 is 0. The molecule has 1 aromatic heterocycles. The summed E-state index contributed by atoms with van der Waals surface area (Å²) in [5.41, 5.74) is 5.78. The van der Waals surface area contributed by atoms with Crippen molar-refractivity contribution in [2.45, 2.75) is 31.2 Å². The number of carboxylic acid groups (broad SMARTS) is 1. The quantitative estimate of drug-likeness (QED) is 0.149. The van der Waals surface area contributed by atoms with Crippen molar-refractivity contribution in [3.05, 3.63) is 38.4 Å². The Balaban J connectivity index is 0.00000135. The average molecular weight is 503 g/mol. The fourth-order valence-corrected chi connectivity index (χ4v) is 1.95. The number of carbonyl (C=O) groups excluding carboxylic acids is 2. The lowest BCUT2D eigenvalue weighted by molar-refractivity contribution is -0.789. The number of alkyl halides is 3. The van der Waals surface area contributed by atoms with Crippen LogP contribution in [0.1, 0.15) is 12.1 Å². The zero-order chi connectivity index (χ0) is 26.3. The highest BCUT2D eigenvalue weighted by molar-refractivity contribution is 5.87. The van der Waals surface area contributed by atoms with Crippen LogP contribution in [0.3, 0.4) is 0 Å². The molecule has 2 amide bonds. The Bertz CT molecular complexity index is 822. The van der Waals surface area contributed by atoms with Gasteiger partial charge in [0.15, 0.2) is 0 Å². The lowest BCUT2D eigenvalue weighted by Gasteiger charge is -2.20. The number of nitrogens with one attached hydrogen (secondary N) is 3. The third-order valence-corrected chi connectivity index (χ3v) is 3.34. The van der Waals surface area contributed by atoms with Crippen molar-refractivity contribution in [2.75, 3.05) is 19.7 Å². The molecule has 1 aromatic rings. The summed E-state index contributed by atoms with van der Waals surface area (Å²) in [6.07, 6.45) is -3.55. The van der Waals surface area contributed by atoms with Crippen molar-refractivity contribution < 1.29 is 52.5 Å². The standard InChI is InChI=1S/C12H19N7O8.C2HF3O2/c13-2-1-11(20)17-10(3-8-4-14-7-16-8)12(21)15-5-9(27-19(24)25)6-26-18(22)23;3-2(4,5)1(6)7/h4,7,9-10H,1-3,5-6,13H2,(H,14,16)(H,15,21)(H,17,20);(H,6,7)/t9-,10+;/m1./s1. The molecule has 20 heteroatoms. The van der Waals surface area contributed by atoms with E-state index in [0.717, 1.165) is 0 Å². The molecule has 0 aliphatic carbocycles. The zero-order valence-corrected chi connectivity index (χ0v) is 17.0. The molecular formula is C14H20F3N7O10. The number of halogens is 3. The van der Waals surface area contributed by atoms with Crippen LogP contribution in [0.4, 0.5) is 13.2 Å². The fourth-order valence-electron chi connectivity index (χ4n) is 1.95. The minimum atomic E-state index is -5.08. The molecule has 17 nitrogen and oxygen atoms in total. The van der Waals surface area contributed by atoms with E-state index < -0.39 is 59.4 Å². The molecule has 0 unspecified atom stereocenters. The van der Waals surface area contributed by atoms with Gasteiger partial charge in [0.1, 0.15) is 18.8 Å². The summed E-state index contributed by atoms with van der Waals surface area (Å²) in [6, 6.07) is -1.04. The molecule has 2 atom stereocenters. The number of nitrogens with two attached hydrogens (primary N) is 1. The van der Waals surface area contributed by atoms with Gasteiger partial charge in [-0.05, 0) is 0 Å². The highest BCUT2D eigenvalue weighted by Gasteiger charge is 2.38. The zero-order valence-electron chi connectivity index (χ0n) is 17.0. The first kappa shape index (κ1) is 29.8. The Morgan fingerprint density at radius 2 is 1.88 bits per heavy atom. The smallest absolute Gasteiger partial charge is 0.475 e. The molecule has 0 saturated heterocycles. The van der Waals surface area contributed by atoms with Gasteiger partial charge in [-0.25, -0.2) is 9.78 Å². The number of amides is 2. The summed E-state index contributed by atoms with van der Waals surface area (Å²) in [6.45, 7) is -1.14. The summed E-state index contributed by atoms with van der Waals surface area (Å²) in [4.78, 5) is 68.5. The molecule has 0 saturated carbocycles. The summed E-state index contributed by atoms with van der Waals surface area (Å²) in [5.74, 6) is -3.92. The number of nitrogens with zero attached hydrogens (tertiary/aromatic N) is 3. The van der Waals surface area contributed by atoms with Crippen molar-refractivity contribution in [1.29, 1.82) is 0 Å². The Hall–Kier alpha value is -4.23. The van der Waals surface area contributed by atoms with Gasteiger partial charge in [0.25, 0.3) is 10.2 Å². The van der Waals surface area contributed by atoms with Crippen LogP contribution in [0.15, 0.2) is 12.5 Å². The van der Waals surface area contributed by atoms with E-state index in [1.165, 1.54) is 12.5 Å². The predicted octanol–water partition coefficient (Wildman–Crippen LogP) is -1.68. The number of rotatable bonds is 13. The number of hydrogen-bond donors (Lipinski definition) is 5. The Morgan fingerprint density at radius 3 is 2.32 bits per heavy atom. The maximum Gasteiger partial charge on any atom is 0.490 e. The van der Waals surface area contributed by atoms with Gasteiger partial charge >= 0.3 is 12.1 Å². The van der Waals surface area contributed by atoms with Crippen molar-refractivity contribution in [2.24, 2.45) is 5.73 Å². The number of carbonyl (C=O) groups is 3. The van der Waals surface area contributed by atoms with Crippen LogP contribution < -0.4 is 16.4 Å². The van der Waals surface area contributed by atoms with Gasteiger partial charge < -0.3 is 36.1 Å². The molecule has 1 rings (SSSR count). The Labute approximate surface area is 187 Å². The number of H-pyrrole nitrogens is 1. The van der Waals surface area contributed by atoms with E-state index in [4.69, 9.17) is 15.6 Å². The van der Waals surface area contributed by atoms with Crippen LogP contribution in [0.25, 0.3) is 0 Å². The summed E-state index contributed by atoms with van der Waals surface area (Å²) in [5, 5.41) is 30.2. The lowest BCUT2D eigenvalue weighted by atomic mass is 10.1. The Morgan fingerprint density at radius 1 is 1.26 bits per heavy atom. The van der Waals surface area contributed by atoms with E-state index in [1.807, 2.05) is 0 Å². The van der Waals surface area contributed by atoms with Gasteiger partial charge in [-0.15, -0.1) is 20.2 Å². The van der Waals surface area contributed by atoms with Crippen LogP contribution in [0, 0.1) is 20.2 Å². The minimum Gasteiger partial charge on any atom is -0.475 e. The van der Waals surface area contributed by atoms with E-state index in [1.54, 1.807) is 0 Å². The lowest BCUT2D eigenvalue weighted by Crippen LogP contribution is -2.50. The second-order valence-electron chi connectivity index (χ2n) is 5.94. The number of carboxylic acids is 1. The van der Waals surface area contributed by atoms with E-state index >= 15 is 0 Å². The molecule has 0 aliphatic rings. The predicted molar refractivity (Wildman–Crippen MR) is 99.4 cm³/mol. The molecule has 0 fully saturated rings. The van der Waals surface area contributed by atoms with Crippen molar-refractivity contribution >= 4 is 17.8 Å². The van der Waals surface area contributed by atoms with Crippen LogP contribution in [0.5, 0.6) is 0 Å². The highest BCUT2D eigenvalue weighted by atomic mass is 19.4. The highest BCUT2D eigenvalue weighted by Crippen LogP contribution is 2.13. The van der Waals surface area contributed by atoms with Crippen molar-refractivity contribution in [3.8, 4) is 0 Å². The van der Waals surface area contributed by atoms with Gasteiger partial charge in [0.05, 0.1) is 12.0 Å². The van der Waals surface area contributed by atoms with Gasteiger partial charge in [-0.1, -0.05) is 0 Å². The monoisotopic (exact) mass is 503 g/mol. The van der Waals surface area contributed by atoms with Gasteiger partial charge in [0.2, 0.25) is 11.8 Å². The number of aromatic nitrogens is 2. The molecule has 34 heavy (non-hydrogen) atoms. The molecule has 1 heterocycles. The molecular weight excluding hydrogens is 483 g/mol. The Kier molecular flexibility index (Phi) is 12.9. The maximum absolute atomic E-state index is 12.3. The normalized spacial score (nSPS) is 12.2. The molecule has 0 radical (unpaired) electrons. The van der Waals surface area contributed by atoms with Crippen LogP contribution >= 0.6 is 0 Å². The van der Waals surface area contributed by atoms with Crippen molar-refractivity contribution in [3.63, 3.8) is 0 Å².